The number of benzene rings is 2. The Morgan fingerprint density at radius 1 is 1.14 bits per heavy atom. The molecule has 2 aromatic carbocycles. The average Bonchev–Trinajstić information content (AvgIpc) is 2.71. The van der Waals surface area contributed by atoms with Crippen molar-refractivity contribution in [1.82, 2.24) is 14.5 Å². The molecule has 29 heavy (non-hydrogen) atoms. The Kier molecular flexibility index (Phi) is 7.29. The van der Waals surface area contributed by atoms with Crippen LogP contribution in [-0.2, 0) is 27.8 Å². The number of nitrogens with one attached hydrogen (secondary N) is 1. The molecule has 3 rings (SSSR count). The summed E-state index contributed by atoms with van der Waals surface area (Å²) in [5.41, 5.74) is 2.79. The van der Waals surface area contributed by atoms with Gasteiger partial charge in [-0.15, -0.1) is 0 Å². The molecular formula is C21H26ClN3O3S. The normalized spacial score (nSPS) is 14.6. The van der Waals surface area contributed by atoms with Crippen LogP contribution in [0.3, 0.4) is 0 Å². The second-order valence-corrected chi connectivity index (χ2v) is 9.69. The number of hydrogen-bond donors (Lipinski definition) is 1. The minimum Gasteiger partial charge on any atom is -0.355 e. The minimum absolute atomic E-state index is 0.113. The van der Waals surface area contributed by atoms with Crippen LogP contribution < -0.4 is 5.32 Å². The molecule has 0 saturated carbocycles. The molecule has 0 aliphatic carbocycles. The van der Waals surface area contributed by atoms with Gasteiger partial charge in [-0.1, -0.05) is 35.9 Å². The van der Waals surface area contributed by atoms with Crippen molar-refractivity contribution in [3.05, 3.63) is 64.7 Å². The number of amides is 1. The van der Waals surface area contributed by atoms with E-state index in [1.807, 2.05) is 0 Å². The van der Waals surface area contributed by atoms with Gasteiger partial charge in [0.05, 0.1) is 11.4 Å². The summed E-state index contributed by atoms with van der Waals surface area (Å²) in [6.07, 6.45) is 1.87. The van der Waals surface area contributed by atoms with Crippen LogP contribution in [0, 0.1) is 0 Å². The van der Waals surface area contributed by atoms with Gasteiger partial charge >= 0.3 is 0 Å². The zero-order valence-electron chi connectivity index (χ0n) is 16.5. The standard InChI is InChI=1S/C21H26ClN3O3S/c1-24(29(27,28)20-9-7-19(22)8-10-20)16-21(26)23-12-4-13-25-14-11-17-5-2-3-6-18(17)15-25/h2-3,5-10H,4,11-16H2,1H3,(H,23,26). The second kappa shape index (κ2) is 9.71. The molecule has 1 heterocycles. The predicted octanol–water partition coefficient (Wildman–Crippen LogP) is 2.53. The van der Waals surface area contributed by atoms with Crippen LogP contribution in [0.5, 0.6) is 0 Å². The third-order valence-corrected chi connectivity index (χ3v) is 7.14. The number of rotatable bonds is 8. The summed E-state index contributed by atoms with van der Waals surface area (Å²) in [6.45, 7) is 3.15. The summed E-state index contributed by atoms with van der Waals surface area (Å²) in [6, 6.07) is 14.4. The van der Waals surface area contributed by atoms with Gasteiger partial charge in [0.1, 0.15) is 0 Å². The Bertz CT molecular complexity index is 948. The van der Waals surface area contributed by atoms with Crippen molar-refractivity contribution >= 4 is 27.5 Å². The smallest absolute Gasteiger partial charge is 0.243 e. The number of hydrogen-bond acceptors (Lipinski definition) is 4. The summed E-state index contributed by atoms with van der Waals surface area (Å²) in [5, 5.41) is 3.27. The van der Waals surface area contributed by atoms with Gasteiger partial charge in [-0.3, -0.25) is 9.69 Å². The Hall–Kier alpha value is -1.93. The molecule has 1 amide bonds. The highest BCUT2D eigenvalue weighted by molar-refractivity contribution is 7.89. The van der Waals surface area contributed by atoms with Crippen LogP contribution in [0.25, 0.3) is 0 Å². The number of carbonyl (C=O) groups excluding carboxylic acids is 1. The van der Waals surface area contributed by atoms with Crippen LogP contribution in [0.15, 0.2) is 53.4 Å². The topological polar surface area (TPSA) is 69.7 Å². The molecule has 1 aliphatic heterocycles. The SMILES string of the molecule is CN(CC(=O)NCCCN1CCc2ccccc2C1)S(=O)(=O)c1ccc(Cl)cc1. The highest BCUT2D eigenvalue weighted by atomic mass is 35.5. The maximum atomic E-state index is 12.5. The Morgan fingerprint density at radius 3 is 2.55 bits per heavy atom. The molecule has 6 nitrogen and oxygen atoms in total. The highest BCUT2D eigenvalue weighted by Crippen LogP contribution is 2.19. The first-order valence-corrected chi connectivity index (χ1v) is 11.5. The van der Waals surface area contributed by atoms with Gasteiger partial charge in [-0.05, 0) is 48.2 Å². The highest BCUT2D eigenvalue weighted by Gasteiger charge is 2.22. The first kappa shape index (κ1) is 21.8. The summed E-state index contributed by atoms with van der Waals surface area (Å²) in [5.74, 6) is -0.311. The van der Waals surface area contributed by atoms with E-state index in [1.54, 1.807) is 0 Å². The van der Waals surface area contributed by atoms with Gasteiger partial charge in [0.15, 0.2) is 0 Å². The fourth-order valence-electron chi connectivity index (χ4n) is 3.41. The molecule has 0 unspecified atom stereocenters. The van der Waals surface area contributed by atoms with Gasteiger partial charge in [0.25, 0.3) is 0 Å². The molecule has 1 aliphatic rings. The molecule has 0 aromatic heterocycles. The van der Waals surface area contributed by atoms with E-state index >= 15 is 0 Å². The van der Waals surface area contributed by atoms with Gasteiger partial charge in [0.2, 0.25) is 15.9 Å². The maximum absolute atomic E-state index is 12.5. The second-order valence-electron chi connectivity index (χ2n) is 7.21. The molecule has 0 saturated heterocycles. The average molecular weight is 436 g/mol. The van der Waals surface area contributed by atoms with E-state index < -0.39 is 10.0 Å². The molecule has 0 atom stereocenters. The lowest BCUT2D eigenvalue weighted by molar-refractivity contribution is -0.121. The van der Waals surface area contributed by atoms with Crippen molar-refractivity contribution < 1.29 is 13.2 Å². The first-order chi connectivity index (χ1) is 13.9. The number of carbonyl (C=O) groups is 1. The van der Waals surface area contributed by atoms with Crippen molar-refractivity contribution in [2.24, 2.45) is 0 Å². The van der Waals surface area contributed by atoms with Crippen LogP contribution in [0.2, 0.25) is 5.02 Å². The van der Waals surface area contributed by atoms with E-state index in [9.17, 15) is 13.2 Å². The van der Waals surface area contributed by atoms with Crippen molar-refractivity contribution in [2.75, 3.05) is 33.2 Å². The van der Waals surface area contributed by atoms with Gasteiger partial charge < -0.3 is 5.32 Å². The molecule has 0 fully saturated rings. The van der Waals surface area contributed by atoms with Crippen molar-refractivity contribution in [1.29, 1.82) is 0 Å². The third kappa shape index (κ3) is 5.79. The van der Waals surface area contributed by atoms with Gasteiger partial charge in [-0.2, -0.15) is 4.31 Å². The summed E-state index contributed by atoms with van der Waals surface area (Å²) in [7, 11) is -2.32. The number of halogens is 1. The molecule has 2 aromatic rings. The van der Waals surface area contributed by atoms with Gasteiger partial charge in [-0.25, -0.2) is 8.42 Å². The Balaban J connectivity index is 1.40. The van der Waals surface area contributed by atoms with Crippen LogP contribution in [0.4, 0.5) is 0 Å². The van der Waals surface area contributed by atoms with E-state index in [-0.39, 0.29) is 17.3 Å². The molecule has 0 radical (unpaired) electrons. The number of nitrogens with zero attached hydrogens (tertiary/aromatic N) is 2. The zero-order chi connectivity index (χ0) is 20.9. The Morgan fingerprint density at radius 2 is 1.83 bits per heavy atom. The van der Waals surface area contributed by atoms with E-state index in [2.05, 4.69) is 34.5 Å². The van der Waals surface area contributed by atoms with E-state index in [4.69, 9.17) is 11.6 Å². The number of sulfonamides is 1. The van der Waals surface area contributed by atoms with Crippen LogP contribution in [-0.4, -0.2) is 56.8 Å². The van der Waals surface area contributed by atoms with E-state index in [0.717, 1.165) is 36.8 Å². The lowest BCUT2D eigenvalue weighted by atomic mass is 10.00. The van der Waals surface area contributed by atoms with Crippen molar-refractivity contribution in [2.45, 2.75) is 24.3 Å². The van der Waals surface area contributed by atoms with Crippen LogP contribution in [0.1, 0.15) is 17.5 Å². The van der Waals surface area contributed by atoms with Gasteiger partial charge in [0, 0.05) is 38.2 Å². The molecular weight excluding hydrogens is 410 g/mol. The van der Waals surface area contributed by atoms with E-state index in [0.29, 0.717) is 11.6 Å². The quantitative estimate of drug-likeness (QED) is 0.647. The predicted molar refractivity (Wildman–Crippen MR) is 114 cm³/mol. The number of likely N-dealkylation sites (N-methyl/N-ethyl adjacent to an activating group) is 1. The number of fused-ring (bicyclic) bond motifs is 1. The Labute approximate surface area is 177 Å². The lowest BCUT2D eigenvalue weighted by Gasteiger charge is -2.28. The summed E-state index contributed by atoms with van der Waals surface area (Å²) in [4.78, 5) is 14.6. The molecule has 0 spiro atoms. The fourth-order valence-corrected chi connectivity index (χ4v) is 4.66. The molecule has 156 valence electrons. The zero-order valence-corrected chi connectivity index (χ0v) is 18.0. The summed E-state index contributed by atoms with van der Waals surface area (Å²) < 4.78 is 26.1. The molecule has 8 heteroatoms. The van der Waals surface area contributed by atoms with Crippen LogP contribution >= 0.6 is 11.6 Å². The minimum atomic E-state index is -3.72. The lowest BCUT2D eigenvalue weighted by Crippen LogP contribution is -2.39. The largest absolute Gasteiger partial charge is 0.355 e. The fraction of sp³-hybridized carbons (Fsp3) is 0.381. The van der Waals surface area contributed by atoms with E-state index in [1.165, 1.54) is 42.4 Å². The molecule has 0 bridgehead atoms. The summed E-state index contributed by atoms with van der Waals surface area (Å²) >= 11 is 5.80. The molecule has 1 N–H and O–H groups in total. The van der Waals surface area contributed by atoms with Crippen molar-refractivity contribution in [3.8, 4) is 0 Å². The van der Waals surface area contributed by atoms with Crippen molar-refractivity contribution in [3.63, 3.8) is 0 Å². The monoisotopic (exact) mass is 435 g/mol. The third-order valence-electron chi connectivity index (χ3n) is 5.07. The first-order valence-electron chi connectivity index (χ1n) is 9.64. The maximum Gasteiger partial charge on any atom is 0.243 e.